The van der Waals surface area contributed by atoms with E-state index in [1.807, 2.05) is 6.92 Å². The second-order valence-electron chi connectivity index (χ2n) is 3.64. The van der Waals surface area contributed by atoms with E-state index < -0.39 is 11.9 Å². The minimum absolute atomic E-state index is 0.104. The number of ether oxygens (including phenoxy) is 1. The molecule has 1 rings (SSSR count). The summed E-state index contributed by atoms with van der Waals surface area (Å²) in [6, 6.07) is 0.758. The highest BCUT2D eigenvalue weighted by atomic mass is 19.4. The van der Waals surface area contributed by atoms with Gasteiger partial charge in [-0.25, -0.2) is 4.98 Å². The zero-order valence-electron chi connectivity index (χ0n) is 10.4. The Bertz CT molecular complexity index is 455. The maximum atomic E-state index is 12.7. The predicted molar refractivity (Wildman–Crippen MR) is 64.8 cm³/mol. The van der Waals surface area contributed by atoms with Crippen molar-refractivity contribution >= 4 is 5.95 Å². The first kappa shape index (κ1) is 15.1. The van der Waals surface area contributed by atoms with Gasteiger partial charge in [0.15, 0.2) is 5.69 Å². The second-order valence-corrected chi connectivity index (χ2v) is 3.64. The third-order valence-corrected chi connectivity index (χ3v) is 2.02. The van der Waals surface area contributed by atoms with Crippen LogP contribution < -0.4 is 10.1 Å². The molecule has 7 heteroatoms. The third-order valence-electron chi connectivity index (χ3n) is 2.02. The first-order chi connectivity index (χ1) is 8.97. The van der Waals surface area contributed by atoms with Crippen LogP contribution in [0, 0.1) is 12.3 Å². The maximum Gasteiger partial charge on any atom is 0.433 e. The van der Waals surface area contributed by atoms with E-state index in [1.165, 1.54) is 0 Å². The van der Waals surface area contributed by atoms with E-state index >= 15 is 0 Å². The van der Waals surface area contributed by atoms with Crippen LogP contribution in [0.5, 0.6) is 5.88 Å². The largest absolute Gasteiger partial charge is 0.477 e. The summed E-state index contributed by atoms with van der Waals surface area (Å²) in [6.07, 6.45) is 1.52. The van der Waals surface area contributed by atoms with Gasteiger partial charge < -0.3 is 10.1 Å². The minimum atomic E-state index is -4.55. The molecule has 0 amide bonds. The van der Waals surface area contributed by atoms with Gasteiger partial charge in [-0.05, 0) is 6.42 Å². The van der Waals surface area contributed by atoms with Crippen LogP contribution in [0.25, 0.3) is 0 Å². The van der Waals surface area contributed by atoms with Crippen molar-refractivity contribution in [1.29, 1.82) is 0 Å². The van der Waals surface area contributed by atoms with Crippen molar-refractivity contribution in [3.05, 3.63) is 11.8 Å². The van der Waals surface area contributed by atoms with Crippen molar-refractivity contribution in [3.63, 3.8) is 0 Å². The van der Waals surface area contributed by atoms with E-state index in [0.717, 1.165) is 12.5 Å². The van der Waals surface area contributed by atoms with Crippen molar-refractivity contribution in [2.45, 2.75) is 25.9 Å². The van der Waals surface area contributed by atoms with Crippen molar-refractivity contribution in [2.24, 2.45) is 0 Å². The molecule has 0 radical (unpaired) electrons. The molecule has 0 saturated carbocycles. The van der Waals surface area contributed by atoms with Gasteiger partial charge in [0.2, 0.25) is 11.8 Å². The third kappa shape index (κ3) is 5.04. The van der Waals surface area contributed by atoms with E-state index in [1.54, 1.807) is 0 Å². The quantitative estimate of drug-likeness (QED) is 0.639. The molecule has 4 nitrogen and oxygen atoms in total. The van der Waals surface area contributed by atoms with Crippen molar-refractivity contribution in [2.75, 3.05) is 18.5 Å². The Labute approximate surface area is 109 Å². The van der Waals surface area contributed by atoms with Gasteiger partial charge in [-0.3, -0.25) is 0 Å². The van der Waals surface area contributed by atoms with Crippen LogP contribution >= 0.6 is 0 Å². The Morgan fingerprint density at radius 2 is 2.16 bits per heavy atom. The summed E-state index contributed by atoms with van der Waals surface area (Å²) >= 11 is 0. The molecular formula is C12H14F3N3O. The molecule has 0 fully saturated rings. The summed E-state index contributed by atoms with van der Waals surface area (Å²) < 4.78 is 43.0. The number of nitrogens with one attached hydrogen (secondary N) is 1. The standard InChI is InChI=1S/C12H14F3N3O/c1-3-5-7-19-10-8-9(12(13,14)15)17-11(18-10)16-6-4-2/h1,8H,4-7H2,2H3,(H,16,17,18). The molecule has 19 heavy (non-hydrogen) atoms. The summed E-state index contributed by atoms with van der Waals surface area (Å²) in [7, 11) is 0. The van der Waals surface area contributed by atoms with E-state index in [-0.39, 0.29) is 18.4 Å². The number of aromatic nitrogens is 2. The first-order valence-corrected chi connectivity index (χ1v) is 5.73. The van der Waals surface area contributed by atoms with E-state index in [0.29, 0.717) is 13.0 Å². The highest BCUT2D eigenvalue weighted by Crippen LogP contribution is 2.30. The van der Waals surface area contributed by atoms with Crippen molar-refractivity contribution in [1.82, 2.24) is 9.97 Å². The molecule has 104 valence electrons. The lowest BCUT2D eigenvalue weighted by atomic mass is 10.4. The fraction of sp³-hybridized carbons (Fsp3) is 0.500. The lowest BCUT2D eigenvalue weighted by Gasteiger charge is -2.11. The average Bonchev–Trinajstić information content (AvgIpc) is 2.35. The van der Waals surface area contributed by atoms with Gasteiger partial charge in [-0.1, -0.05) is 6.92 Å². The fourth-order valence-corrected chi connectivity index (χ4v) is 1.17. The Kier molecular flexibility index (Phi) is 5.42. The zero-order valence-corrected chi connectivity index (χ0v) is 10.4. The Morgan fingerprint density at radius 3 is 2.74 bits per heavy atom. The molecule has 0 bridgehead atoms. The van der Waals surface area contributed by atoms with Crippen LogP contribution in [0.3, 0.4) is 0 Å². The molecule has 1 aromatic heterocycles. The lowest BCUT2D eigenvalue weighted by molar-refractivity contribution is -0.141. The molecule has 0 aliphatic heterocycles. The van der Waals surface area contributed by atoms with Gasteiger partial charge in [0, 0.05) is 19.0 Å². The van der Waals surface area contributed by atoms with Crippen LogP contribution in [0.2, 0.25) is 0 Å². The number of alkyl halides is 3. The van der Waals surface area contributed by atoms with Crippen LogP contribution in [0.15, 0.2) is 6.07 Å². The minimum Gasteiger partial charge on any atom is -0.477 e. The Balaban J connectivity index is 2.92. The van der Waals surface area contributed by atoms with E-state index in [9.17, 15) is 13.2 Å². The number of hydrogen-bond acceptors (Lipinski definition) is 4. The van der Waals surface area contributed by atoms with Gasteiger partial charge in [0.05, 0.1) is 0 Å². The van der Waals surface area contributed by atoms with Crippen LogP contribution in [-0.4, -0.2) is 23.1 Å². The zero-order chi connectivity index (χ0) is 14.3. The van der Waals surface area contributed by atoms with E-state index in [2.05, 4.69) is 21.2 Å². The molecule has 1 aromatic rings. The molecule has 0 aliphatic carbocycles. The molecule has 0 spiro atoms. The highest BCUT2D eigenvalue weighted by Gasteiger charge is 2.34. The molecule has 1 heterocycles. The summed E-state index contributed by atoms with van der Waals surface area (Å²) in [5.41, 5.74) is -1.04. The number of halogens is 3. The SMILES string of the molecule is C#CCCOc1cc(C(F)(F)F)nc(NCCC)n1. The molecule has 0 aliphatic rings. The number of nitrogens with zero attached hydrogens (tertiary/aromatic N) is 2. The number of anilines is 1. The highest BCUT2D eigenvalue weighted by molar-refractivity contribution is 5.32. The van der Waals surface area contributed by atoms with Gasteiger partial charge >= 0.3 is 6.18 Å². The van der Waals surface area contributed by atoms with E-state index in [4.69, 9.17) is 11.2 Å². The summed E-state index contributed by atoms with van der Waals surface area (Å²) in [4.78, 5) is 7.25. The Morgan fingerprint density at radius 1 is 1.42 bits per heavy atom. The smallest absolute Gasteiger partial charge is 0.433 e. The first-order valence-electron chi connectivity index (χ1n) is 5.73. The number of hydrogen-bond donors (Lipinski definition) is 1. The fourth-order valence-electron chi connectivity index (χ4n) is 1.17. The predicted octanol–water partition coefficient (Wildman–Crippen LogP) is 2.72. The van der Waals surface area contributed by atoms with Crippen molar-refractivity contribution in [3.8, 4) is 18.2 Å². The number of terminal acetylenes is 1. The Hall–Kier alpha value is -1.97. The van der Waals surface area contributed by atoms with Gasteiger partial charge in [-0.15, -0.1) is 12.3 Å². The summed E-state index contributed by atoms with van der Waals surface area (Å²) in [5, 5.41) is 2.70. The van der Waals surface area contributed by atoms with Crippen LogP contribution in [0.1, 0.15) is 25.5 Å². The van der Waals surface area contributed by atoms with Gasteiger partial charge in [0.25, 0.3) is 0 Å². The molecule has 0 unspecified atom stereocenters. The molecule has 0 aromatic carbocycles. The molecular weight excluding hydrogens is 259 g/mol. The van der Waals surface area contributed by atoms with Gasteiger partial charge in [0.1, 0.15) is 6.61 Å². The second kappa shape index (κ2) is 6.83. The average molecular weight is 273 g/mol. The maximum absolute atomic E-state index is 12.7. The van der Waals surface area contributed by atoms with Crippen molar-refractivity contribution < 1.29 is 17.9 Å². The topological polar surface area (TPSA) is 47.0 Å². The van der Waals surface area contributed by atoms with Crippen LogP contribution in [-0.2, 0) is 6.18 Å². The molecule has 1 N–H and O–H groups in total. The number of rotatable bonds is 6. The van der Waals surface area contributed by atoms with Gasteiger partial charge in [-0.2, -0.15) is 18.2 Å². The summed E-state index contributed by atoms with van der Waals surface area (Å²) in [6.45, 7) is 2.47. The normalized spacial score (nSPS) is 10.9. The van der Waals surface area contributed by atoms with Crippen LogP contribution in [0.4, 0.5) is 19.1 Å². The summed E-state index contributed by atoms with van der Waals surface area (Å²) in [5.74, 6) is 2.08. The molecule has 0 saturated heterocycles. The lowest BCUT2D eigenvalue weighted by Crippen LogP contribution is -2.13. The molecule has 0 atom stereocenters. The monoisotopic (exact) mass is 273 g/mol.